The molecule has 0 atom stereocenters. The molecule has 0 bridgehead atoms. The van der Waals surface area contributed by atoms with Crippen LogP contribution in [-0.2, 0) is 9.59 Å². The second-order valence-corrected chi connectivity index (χ2v) is 7.44. The number of carbonyl (C=O) groups excluding carboxylic acids is 3. The molecule has 7 heteroatoms. The average molecular weight is 359 g/mol. The van der Waals surface area contributed by atoms with Crippen molar-refractivity contribution in [3.63, 3.8) is 0 Å². The largest absolute Gasteiger partial charge is 0.347 e. The van der Waals surface area contributed by atoms with Gasteiger partial charge in [-0.05, 0) is 29.6 Å². The van der Waals surface area contributed by atoms with Gasteiger partial charge in [-0.3, -0.25) is 14.4 Å². The first-order chi connectivity index (χ1) is 11.8. The smallest absolute Gasteiger partial charge is 0.265 e. The van der Waals surface area contributed by atoms with Crippen molar-refractivity contribution >= 4 is 40.4 Å². The maximum Gasteiger partial charge on any atom is 0.265 e. The molecule has 0 aliphatic heterocycles. The molecule has 0 aliphatic carbocycles. The summed E-state index contributed by atoms with van der Waals surface area (Å²) in [4.78, 5) is 36.4. The van der Waals surface area contributed by atoms with E-state index in [1.807, 2.05) is 11.4 Å². The second kappa shape index (κ2) is 7.94. The number of amides is 3. The molecule has 0 saturated carbocycles. The van der Waals surface area contributed by atoms with Crippen LogP contribution in [0.1, 0.15) is 30.4 Å². The number of nitrogens with one attached hydrogen (secondary N) is 3. The Hall–Kier alpha value is -2.67. The van der Waals surface area contributed by atoms with Crippen molar-refractivity contribution in [2.45, 2.75) is 20.8 Å². The van der Waals surface area contributed by atoms with Gasteiger partial charge in [-0.2, -0.15) is 0 Å². The molecule has 3 amide bonds. The molecule has 2 rings (SSSR count). The molecule has 2 aromatic rings. The Balaban J connectivity index is 1.91. The van der Waals surface area contributed by atoms with Crippen LogP contribution < -0.4 is 16.0 Å². The normalized spacial score (nSPS) is 10.8. The quantitative estimate of drug-likeness (QED) is 0.766. The van der Waals surface area contributed by atoms with E-state index in [-0.39, 0.29) is 24.3 Å². The highest BCUT2D eigenvalue weighted by Crippen LogP contribution is 2.17. The predicted molar refractivity (Wildman–Crippen MR) is 99.8 cm³/mol. The minimum Gasteiger partial charge on any atom is -0.347 e. The van der Waals surface area contributed by atoms with Crippen LogP contribution in [0.15, 0.2) is 41.8 Å². The summed E-state index contributed by atoms with van der Waals surface area (Å²) >= 11 is 1.35. The van der Waals surface area contributed by atoms with Crippen molar-refractivity contribution in [2.75, 3.05) is 17.2 Å². The summed E-state index contributed by atoms with van der Waals surface area (Å²) in [6.45, 7) is 5.22. The first-order valence-electron chi connectivity index (χ1n) is 7.79. The minimum absolute atomic E-state index is 0.109. The van der Waals surface area contributed by atoms with E-state index in [9.17, 15) is 14.4 Å². The number of anilines is 2. The SMILES string of the molecule is CC(C)(C)C(=O)NCC(=O)Nc1cccc(NC(=O)c2cccs2)c1. The van der Waals surface area contributed by atoms with E-state index in [2.05, 4.69) is 16.0 Å². The summed E-state index contributed by atoms with van der Waals surface area (Å²) < 4.78 is 0. The van der Waals surface area contributed by atoms with E-state index in [0.29, 0.717) is 16.3 Å². The Morgan fingerprint density at radius 2 is 1.68 bits per heavy atom. The van der Waals surface area contributed by atoms with E-state index in [0.717, 1.165) is 0 Å². The average Bonchev–Trinajstić information content (AvgIpc) is 3.06. The van der Waals surface area contributed by atoms with Gasteiger partial charge in [0.25, 0.3) is 5.91 Å². The van der Waals surface area contributed by atoms with Gasteiger partial charge in [0.2, 0.25) is 11.8 Å². The van der Waals surface area contributed by atoms with Crippen LogP contribution in [0.25, 0.3) is 0 Å². The maximum absolute atomic E-state index is 12.0. The molecule has 25 heavy (non-hydrogen) atoms. The van der Waals surface area contributed by atoms with Gasteiger partial charge in [-0.25, -0.2) is 0 Å². The predicted octanol–water partition coefficient (Wildman–Crippen LogP) is 3.10. The molecule has 0 saturated heterocycles. The minimum atomic E-state index is -0.549. The van der Waals surface area contributed by atoms with Gasteiger partial charge < -0.3 is 16.0 Å². The molecular formula is C18H21N3O3S. The van der Waals surface area contributed by atoms with Gasteiger partial charge in [-0.15, -0.1) is 11.3 Å². The molecular weight excluding hydrogens is 338 g/mol. The summed E-state index contributed by atoms with van der Waals surface area (Å²) in [7, 11) is 0. The summed E-state index contributed by atoms with van der Waals surface area (Å²) in [5.74, 6) is -0.727. The van der Waals surface area contributed by atoms with E-state index >= 15 is 0 Å². The Morgan fingerprint density at radius 3 is 2.28 bits per heavy atom. The van der Waals surface area contributed by atoms with Crippen molar-refractivity contribution in [3.8, 4) is 0 Å². The van der Waals surface area contributed by atoms with Crippen molar-refractivity contribution in [1.29, 1.82) is 0 Å². The summed E-state index contributed by atoms with van der Waals surface area (Å²) in [5, 5.41) is 9.89. The topological polar surface area (TPSA) is 87.3 Å². The van der Waals surface area contributed by atoms with Crippen LogP contribution >= 0.6 is 11.3 Å². The Kier molecular flexibility index (Phi) is 5.93. The molecule has 1 aromatic carbocycles. The monoisotopic (exact) mass is 359 g/mol. The fourth-order valence-corrected chi connectivity index (χ4v) is 2.53. The van der Waals surface area contributed by atoms with Gasteiger partial charge in [0, 0.05) is 16.8 Å². The van der Waals surface area contributed by atoms with Crippen LogP contribution in [-0.4, -0.2) is 24.3 Å². The Bertz CT molecular complexity index is 764. The molecule has 132 valence electrons. The Morgan fingerprint density at radius 1 is 1.00 bits per heavy atom. The number of rotatable bonds is 5. The number of hydrogen-bond donors (Lipinski definition) is 3. The zero-order valence-corrected chi connectivity index (χ0v) is 15.2. The van der Waals surface area contributed by atoms with E-state index in [1.54, 1.807) is 51.1 Å². The number of benzene rings is 1. The van der Waals surface area contributed by atoms with E-state index in [4.69, 9.17) is 0 Å². The lowest BCUT2D eigenvalue weighted by atomic mass is 9.96. The van der Waals surface area contributed by atoms with Crippen LogP contribution in [0.3, 0.4) is 0 Å². The third-order valence-corrected chi connectivity index (χ3v) is 4.11. The molecule has 6 nitrogen and oxygen atoms in total. The third-order valence-electron chi connectivity index (χ3n) is 3.24. The van der Waals surface area contributed by atoms with Gasteiger partial charge in [0.05, 0.1) is 11.4 Å². The number of carbonyl (C=O) groups is 3. The van der Waals surface area contributed by atoms with E-state index in [1.165, 1.54) is 11.3 Å². The molecule has 0 radical (unpaired) electrons. The van der Waals surface area contributed by atoms with Gasteiger partial charge >= 0.3 is 0 Å². The van der Waals surface area contributed by atoms with Crippen LogP contribution in [0.2, 0.25) is 0 Å². The molecule has 0 spiro atoms. The number of hydrogen-bond acceptors (Lipinski definition) is 4. The van der Waals surface area contributed by atoms with Crippen molar-refractivity contribution in [2.24, 2.45) is 5.41 Å². The second-order valence-electron chi connectivity index (χ2n) is 6.49. The summed E-state index contributed by atoms with van der Waals surface area (Å²) in [5.41, 5.74) is 0.570. The fraction of sp³-hybridized carbons (Fsp3) is 0.278. The highest BCUT2D eigenvalue weighted by Gasteiger charge is 2.21. The summed E-state index contributed by atoms with van der Waals surface area (Å²) in [6.07, 6.45) is 0. The number of thiophene rings is 1. The lowest BCUT2D eigenvalue weighted by Crippen LogP contribution is -2.39. The Labute approximate surface area is 150 Å². The van der Waals surface area contributed by atoms with Crippen LogP contribution in [0, 0.1) is 5.41 Å². The highest BCUT2D eigenvalue weighted by molar-refractivity contribution is 7.12. The molecule has 0 unspecified atom stereocenters. The maximum atomic E-state index is 12.0. The molecule has 3 N–H and O–H groups in total. The molecule has 1 aromatic heterocycles. The van der Waals surface area contributed by atoms with Crippen molar-refractivity contribution < 1.29 is 14.4 Å². The first-order valence-corrected chi connectivity index (χ1v) is 8.67. The highest BCUT2D eigenvalue weighted by atomic mass is 32.1. The lowest BCUT2D eigenvalue weighted by molar-refractivity contribution is -0.130. The molecule has 0 aliphatic rings. The zero-order valence-electron chi connectivity index (χ0n) is 14.4. The van der Waals surface area contributed by atoms with Crippen LogP contribution in [0.4, 0.5) is 11.4 Å². The zero-order chi connectivity index (χ0) is 18.4. The first kappa shape index (κ1) is 18.7. The van der Waals surface area contributed by atoms with Gasteiger partial charge in [0.1, 0.15) is 0 Å². The molecule has 1 heterocycles. The summed E-state index contributed by atoms with van der Waals surface area (Å²) in [6, 6.07) is 10.4. The van der Waals surface area contributed by atoms with Gasteiger partial charge in [0.15, 0.2) is 0 Å². The standard InChI is InChI=1S/C18H21N3O3S/c1-18(2,3)17(24)19-11-15(22)20-12-6-4-7-13(10-12)21-16(23)14-8-5-9-25-14/h4-10H,11H2,1-3H3,(H,19,24)(H,20,22)(H,21,23). The van der Waals surface area contributed by atoms with Crippen LogP contribution in [0.5, 0.6) is 0 Å². The third kappa shape index (κ3) is 5.72. The van der Waals surface area contributed by atoms with Crippen molar-refractivity contribution in [3.05, 3.63) is 46.7 Å². The molecule has 0 fully saturated rings. The van der Waals surface area contributed by atoms with Gasteiger partial charge in [-0.1, -0.05) is 32.9 Å². The fourth-order valence-electron chi connectivity index (χ4n) is 1.91. The lowest BCUT2D eigenvalue weighted by Gasteiger charge is -2.17. The van der Waals surface area contributed by atoms with E-state index < -0.39 is 5.41 Å². The van der Waals surface area contributed by atoms with Crippen molar-refractivity contribution in [1.82, 2.24) is 5.32 Å².